The molecule has 0 aromatic heterocycles. The summed E-state index contributed by atoms with van der Waals surface area (Å²) in [6.07, 6.45) is -3.38. The predicted molar refractivity (Wildman–Crippen MR) is 79.6 cm³/mol. The van der Waals surface area contributed by atoms with Crippen LogP contribution in [0.5, 0.6) is 0 Å². The zero-order valence-electron chi connectivity index (χ0n) is 12.2. The lowest BCUT2D eigenvalue weighted by molar-refractivity contribution is -0.137. The minimum atomic E-state index is -4.32. The van der Waals surface area contributed by atoms with E-state index in [-0.39, 0.29) is 11.5 Å². The van der Waals surface area contributed by atoms with Crippen molar-refractivity contribution in [3.05, 3.63) is 33.8 Å². The molecule has 0 aliphatic carbocycles. The van der Waals surface area contributed by atoms with Crippen LogP contribution in [0.1, 0.15) is 51.3 Å². The van der Waals surface area contributed by atoms with Gasteiger partial charge in [-0.05, 0) is 42.1 Å². The number of halogens is 4. The van der Waals surface area contributed by atoms with Crippen LogP contribution in [0, 0.1) is 5.41 Å². The fourth-order valence-corrected chi connectivity index (χ4v) is 2.59. The van der Waals surface area contributed by atoms with Crippen molar-refractivity contribution in [1.29, 1.82) is 0 Å². The van der Waals surface area contributed by atoms with Crippen molar-refractivity contribution in [3.63, 3.8) is 0 Å². The van der Waals surface area contributed by atoms with E-state index in [0.29, 0.717) is 10.0 Å². The Hall–Kier alpha value is -0.550. The maximum Gasteiger partial charge on any atom is 0.416 e. The summed E-state index contributed by atoms with van der Waals surface area (Å²) in [5, 5.41) is 3.35. The third-order valence-corrected chi connectivity index (χ3v) is 3.82. The lowest BCUT2D eigenvalue weighted by atomic mass is 9.82. The Morgan fingerprint density at radius 3 is 2.25 bits per heavy atom. The number of hydrogen-bond donors (Lipinski definition) is 1. The molecule has 0 saturated heterocycles. The van der Waals surface area contributed by atoms with Crippen LogP contribution in [0.4, 0.5) is 13.2 Å². The van der Waals surface area contributed by atoms with Crippen molar-refractivity contribution >= 4 is 15.9 Å². The fraction of sp³-hybridized carbons (Fsp3) is 0.600. The van der Waals surface area contributed by atoms with Crippen LogP contribution in [0.25, 0.3) is 0 Å². The molecule has 0 saturated carbocycles. The molecule has 1 nitrogen and oxygen atoms in total. The molecule has 0 radical (unpaired) electrons. The summed E-state index contributed by atoms with van der Waals surface area (Å²) in [5.74, 6) is 0. The molecule has 0 spiro atoms. The quantitative estimate of drug-likeness (QED) is 0.749. The molecule has 5 heteroatoms. The lowest BCUT2D eigenvalue weighted by Gasteiger charge is -2.33. The summed E-state index contributed by atoms with van der Waals surface area (Å²) in [7, 11) is 0. The Kier molecular flexibility index (Phi) is 5.67. The van der Waals surface area contributed by atoms with Crippen molar-refractivity contribution in [2.45, 2.75) is 46.3 Å². The van der Waals surface area contributed by atoms with Gasteiger partial charge in [-0.15, -0.1) is 0 Å². The predicted octanol–water partition coefficient (Wildman–Crippen LogP) is 5.55. The third-order valence-electron chi connectivity index (χ3n) is 3.10. The molecule has 0 aliphatic heterocycles. The largest absolute Gasteiger partial charge is 0.416 e. The second-order valence-electron chi connectivity index (χ2n) is 5.99. The summed E-state index contributed by atoms with van der Waals surface area (Å²) < 4.78 is 39.3. The Labute approximate surface area is 127 Å². The second-order valence-corrected chi connectivity index (χ2v) is 6.84. The van der Waals surface area contributed by atoms with Crippen LogP contribution in [0.2, 0.25) is 0 Å². The molecule has 1 aromatic carbocycles. The molecule has 1 rings (SSSR count). The molecule has 1 unspecified atom stereocenters. The lowest BCUT2D eigenvalue weighted by Crippen LogP contribution is -2.33. The number of benzene rings is 1. The Bertz CT molecular complexity index is 449. The molecule has 0 heterocycles. The Balaban J connectivity index is 3.25. The molecule has 0 aliphatic rings. The molecule has 114 valence electrons. The normalized spacial score (nSPS) is 14.4. The zero-order valence-corrected chi connectivity index (χ0v) is 13.8. The first kappa shape index (κ1) is 17.5. The number of hydrogen-bond acceptors (Lipinski definition) is 1. The third kappa shape index (κ3) is 4.48. The maximum atomic E-state index is 12.9. The van der Waals surface area contributed by atoms with E-state index in [4.69, 9.17) is 0 Å². The number of alkyl halides is 3. The van der Waals surface area contributed by atoms with Crippen molar-refractivity contribution in [3.8, 4) is 0 Å². The van der Waals surface area contributed by atoms with Crippen LogP contribution in [-0.4, -0.2) is 6.54 Å². The number of nitrogens with one attached hydrogen (secondary N) is 1. The minimum absolute atomic E-state index is 0.140. The molecule has 1 aromatic rings. The molecule has 1 N–H and O–H groups in total. The molecule has 0 fully saturated rings. The van der Waals surface area contributed by atoms with E-state index >= 15 is 0 Å². The van der Waals surface area contributed by atoms with Gasteiger partial charge in [-0.25, -0.2) is 0 Å². The average molecular weight is 352 g/mol. The zero-order chi connectivity index (χ0) is 15.6. The van der Waals surface area contributed by atoms with Gasteiger partial charge >= 0.3 is 6.18 Å². The highest BCUT2D eigenvalue weighted by Crippen LogP contribution is 2.39. The van der Waals surface area contributed by atoms with Crippen LogP contribution in [0.15, 0.2) is 22.7 Å². The van der Waals surface area contributed by atoms with Gasteiger partial charge in [0.25, 0.3) is 0 Å². The minimum Gasteiger partial charge on any atom is -0.309 e. The van der Waals surface area contributed by atoms with Crippen LogP contribution < -0.4 is 5.32 Å². The van der Waals surface area contributed by atoms with Gasteiger partial charge in [-0.3, -0.25) is 0 Å². The van der Waals surface area contributed by atoms with Gasteiger partial charge < -0.3 is 5.32 Å². The monoisotopic (exact) mass is 351 g/mol. The molecular weight excluding hydrogens is 331 g/mol. The van der Waals surface area contributed by atoms with E-state index in [0.717, 1.165) is 19.0 Å². The number of rotatable bonds is 4. The molecule has 0 bridgehead atoms. The van der Waals surface area contributed by atoms with Crippen LogP contribution in [-0.2, 0) is 6.18 Å². The van der Waals surface area contributed by atoms with E-state index in [9.17, 15) is 13.2 Å². The molecular formula is C15H21BrF3N. The molecule has 1 atom stereocenters. The van der Waals surface area contributed by atoms with Crippen molar-refractivity contribution in [2.75, 3.05) is 6.54 Å². The summed E-state index contributed by atoms with van der Waals surface area (Å²) in [4.78, 5) is 0. The van der Waals surface area contributed by atoms with Crippen molar-refractivity contribution < 1.29 is 13.2 Å². The highest BCUT2D eigenvalue weighted by molar-refractivity contribution is 9.10. The SMILES string of the molecule is CCCNC(c1cc(C(F)(F)F)ccc1Br)C(C)(C)C. The van der Waals surface area contributed by atoms with Gasteiger partial charge in [0.1, 0.15) is 0 Å². The van der Waals surface area contributed by atoms with E-state index in [1.807, 2.05) is 27.7 Å². The average Bonchev–Trinajstić information content (AvgIpc) is 2.28. The first-order chi connectivity index (χ1) is 9.07. The van der Waals surface area contributed by atoms with E-state index in [1.54, 1.807) is 0 Å². The fourth-order valence-electron chi connectivity index (χ4n) is 2.11. The summed E-state index contributed by atoms with van der Waals surface area (Å²) in [6.45, 7) is 8.87. The van der Waals surface area contributed by atoms with Gasteiger partial charge in [0.2, 0.25) is 0 Å². The van der Waals surface area contributed by atoms with Gasteiger partial charge in [0, 0.05) is 10.5 Å². The van der Waals surface area contributed by atoms with Gasteiger partial charge in [-0.1, -0.05) is 43.6 Å². The summed E-state index contributed by atoms with van der Waals surface area (Å²) >= 11 is 3.37. The Morgan fingerprint density at radius 1 is 1.20 bits per heavy atom. The highest BCUT2D eigenvalue weighted by atomic mass is 79.9. The standard InChI is InChI=1S/C15H21BrF3N/c1-5-8-20-13(14(2,3)4)11-9-10(15(17,18)19)6-7-12(11)16/h6-7,9,13,20H,5,8H2,1-4H3. The first-order valence-corrected chi connectivity index (χ1v) is 7.46. The maximum absolute atomic E-state index is 12.9. The van der Waals surface area contributed by atoms with E-state index in [1.165, 1.54) is 12.1 Å². The molecule has 20 heavy (non-hydrogen) atoms. The van der Waals surface area contributed by atoms with E-state index < -0.39 is 11.7 Å². The van der Waals surface area contributed by atoms with Crippen molar-refractivity contribution in [1.82, 2.24) is 5.32 Å². The first-order valence-electron chi connectivity index (χ1n) is 6.67. The van der Waals surface area contributed by atoms with Gasteiger partial charge in [0.15, 0.2) is 0 Å². The second kappa shape index (κ2) is 6.48. The smallest absolute Gasteiger partial charge is 0.309 e. The van der Waals surface area contributed by atoms with Gasteiger partial charge in [0.05, 0.1) is 5.56 Å². The highest BCUT2D eigenvalue weighted by Gasteiger charge is 2.33. The summed E-state index contributed by atoms with van der Waals surface area (Å²) in [6, 6.07) is 3.68. The van der Waals surface area contributed by atoms with Gasteiger partial charge in [-0.2, -0.15) is 13.2 Å². The molecule has 0 amide bonds. The summed E-state index contributed by atoms with van der Waals surface area (Å²) in [5.41, 5.74) is -0.133. The van der Waals surface area contributed by atoms with Crippen LogP contribution >= 0.6 is 15.9 Å². The van der Waals surface area contributed by atoms with Crippen molar-refractivity contribution in [2.24, 2.45) is 5.41 Å². The topological polar surface area (TPSA) is 12.0 Å². The van der Waals surface area contributed by atoms with E-state index in [2.05, 4.69) is 21.2 Å². The Morgan fingerprint density at radius 2 is 1.80 bits per heavy atom. The van der Waals surface area contributed by atoms with Crippen LogP contribution in [0.3, 0.4) is 0 Å².